The molecule has 1 heterocycles. The van der Waals surface area contributed by atoms with E-state index in [1.165, 1.54) is 5.56 Å². The molecule has 0 bridgehead atoms. The quantitative estimate of drug-likeness (QED) is 0.883. The van der Waals surface area contributed by atoms with Crippen molar-refractivity contribution in [1.29, 1.82) is 0 Å². The fourth-order valence-electron chi connectivity index (χ4n) is 2.03. The Hall–Kier alpha value is -2.15. The Morgan fingerprint density at radius 2 is 1.77 bits per heavy atom. The Labute approximate surface area is 131 Å². The first kappa shape index (κ1) is 16.2. The van der Waals surface area contributed by atoms with Crippen molar-refractivity contribution in [3.8, 4) is 0 Å². The minimum Gasteiger partial charge on any atom is -0.348 e. The van der Waals surface area contributed by atoms with Crippen molar-refractivity contribution in [3.63, 3.8) is 0 Å². The van der Waals surface area contributed by atoms with E-state index < -0.39 is 10.0 Å². The maximum atomic E-state index is 11.2. The molecule has 118 valence electrons. The molecule has 7 heteroatoms. The molecule has 0 atom stereocenters. The molecule has 0 fully saturated rings. The van der Waals surface area contributed by atoms with Crippen molar-refractivity contribution in [2.75, 3.05) is 15.9 Å². The van der Waals surface area contributed by atoms with Crippen LogP contribution in [0.3, 0.4) is 0 Å². The van der Waals surface area contributed by atoms with Gasteiger partial charge in [0.2, 0.25) is 10.0 Å². The molecule has 0 aliphatic rings. The van der Waals surface area contributed by atoms with E-state index in [1.54, 1.807) is 12.1 Å². The monoisotopic (exact) mass is 320 g/mol. The summed E-state index contributed by atoms with van der Waals surface area (Å²) in [6.07, 6.45) is 1.08. The standard InChI is InChI=1S/C15H20N4O2S/c1-12(2)19(11-13-7-5-4-6-8-13)15-10-9-14(16-17-15)18-22(3,20)21/h4-10,12H,11H2,1-3H3,(H,16,18). The molecule has 1 N–H and O–H groups in total. The lowest BCUT2D eigenvalue weighted by molar-refractivity contribution is 0.606. The molecule has 6 nitrogen and oxygen atoms in total. The summed E-state index contributed by atoms with van der Waals surface area (Å²) in [5.41, 5.74) is 1.18. The number of hydrogen-bond acceptors (Lipinski definition) is 5. The molecule has 0 amide bonds. The summed E-state index contributed by atoms with van der Waals surface area (Å²) in [6, 6.07) is 13.7. The summed E-state index contributed by atoms with van der Waals surface area (Å²) < 4.78 is 24.7. The van der Waals surface area contributed by atoms with Gasteiger partial charge in [-0.1, -0.05) is 30.3 Å². The third kappa shape index (κ3) is 4.70. The third-order valence-electron chi connectivity index (χ3n) is 3.05. The number of aromatic nitrogens is 2. The maximum Gasteiger partial charge on any atom is 0.231 e. The van der Waals surface area contributed by atoms with Gasteiger partial charge in [-0.15, -0.1) is 10.2 Å². The molecule has 2 rings (SSSR count). The molecule has 0 spiro atoms. The van der Waals surface area contributed by atoms with Crippen LogP contribution in [0.2, 0.25) is 0 Å². The van der Waals surface area contributed by atoms with E-state index in [2.05, 4.69) is 45.8 Å². The van der Waals surface area contributed by atoms with Crippen molar-refractivity contribution in [3.05, 3.63) is 48.0 Å². The van der Waals surface area contributed by atoms with Crippen LogP contribution in [-0.4, -0.2) is 30.9 Å². The summed E-state index contributed by atoms with van der Waals surface area (Å²) >= 11 is 0. The zero-order valence-electron chi connectivity index (χ0n) is 12.9. The first-order chi connectivity index (χ1) is 10.3. The van der Waals surface area contributed by atoms with Crippen molar-refractivity contribution in [1.82, 2.24) is 10.2 Å². The normalized spacial score (nSPS) is 11.5. The predicted molar refractivity (Wildman–Crippen MR) is 88.3 cm³/mol. The average molecular weight is 320 g/mol. The van der Waals surface area contributed by atoms with Gasteiger partial charge in [0.15, 0.2) is 11.6 Å². The molecular weight excluding hydrogens is 300 g/mol. The number of benzene rings is 1. The second-order valence-electron chi connectivity index (χ2n) is 5.36. The number of anilines is 2. The summed E-state index contributed by atoms with van der Waals surface area (Å²) in [7, 11) is -3.34. The van der Waals surface area contributed by atoms with Crippen LogP contribution in [-0.2, 0) is 16.6 Å². The molecule has 0 unspecified atom stereocenters. The summed E-state index contributed by atoms with van der Waals surface area (Å²) in [6.45, 7) is 4.87. The highest BCUT2D eigenvalue weighted by Crippen LogP contribution is 2.18. The molecule has 1 aromatic heterocycles. The topological polar surface area (TPSA) is 75.2 Å². The van der Waals surface area contributed by atoms with Gasteiger partial charge in [-0.2, -0.15) is 0 Å². The van der Waals surface area contributed by atoms with E-state index in [0.29, 0.717) is 12.4 Å². The number of nitrogens with one attached hydrogen (secondary N) is 1. The van der Waals surface area contributed by atoms with E-state index >= 15 is 0 Å². The van der Waals surface area contributed by atoms with Crippen molar-refractivity contribution in [2.24, 2.45) is 0 Å². The zero-order chi connectivity index (χ0) is 16.2. The highest BCUT2D eigenvalue weighted by molar-refractivity contribution is 7.92. The average Bonchev–Trinajstić information content (AvgIpc) is 2.45. The number of hydrogen-bond donors (Lipinski definition) is 1. The van der Waals surface area contributed by atoms with Crippen LogP contribution in [0.1, 0.15) is 19.4 Å². The Morgan fingerprint density at radius 3 is 2.27 bits per heavy atom. The minimum absolute atomic E-state index is 0.217. The molecule has 0 aliphatic heterocycles. The van der Waals surface area contributed by atoms with Gasteiger partial charge in [0.05, 0.1) is 6.26 Å². The molecular formula is C15H20N4O2S. The maximum absolute atomic E-state index is 11.2. The fraction of sp³-hybridized carbons (Fsp3) is 0.333. The lowest BCUT2D eigenvalue weighted by Crippen LogP contribution is -2.31. The Bertz CT molecular complexity index is 700. The van der Waals surface area contributed by atoms with Crippen LogP contribution in [0.25, 0.3) is 0 Å². The van der Waals surface area contributed by atoms with Gasteiger partial charge in [0.1, 0.15) is 0 Å². The van der Waals surface area contributed by atoms with Gasteiger partial charge in [-0.05, 0) is 31.5 Å². The van der Waals surface area contributed by atoms with Crippen molar-refractivity contribution in [2.45, 2.75) is 26.4 Å². The highest BCUT2D eigenvalue weighted by Gasteiger charge is 2.13. The zero-order valence-corrected chi connectivity index (χ0v) is 13.7. The van der Waals surface area contributed by atoms with Gasteiger partial charge in [0.25, 0.3) is 0 Å². The SMILES string of the molecule is CC(C)N(Cc1ccccc1)c1ccc(NS(C)(=O)=O)nn1. The number of rotatable bonds is 6. The van der Waals surface area contributed by atoms with E-state index in [0.717, 1.165) is 6.26 Å². The first-order valence-corrected chi connectivity index (χ1v) is 8.86. The Balaban J connectivity index is 2.19. The summed E-state index contributed by atoms with van der Waals surface area (Å²) in [5.74, 6) is 0.924. The van der Waals surface area contributed by atoms with Gasteiger partial charge in [-0.25, -0.2) is 8.42 Å². The predicted octanol–water partition coefficient (Wildman–Crippen LogP) is 2.26. The van der Waals surface area contributed by atoms with Crippen LogP contribution in [0.4, 0.5) is 11.6 Å². The molecule has 0 saturated carbocycles. The largest absolute Gasteiger partial charge is 0.348 e. The second-order valence-corrected chi connectivity index (χ2v) is 7.11. The van der Waals surface area contributed by atoms with Gasteiger partial charge < -0.3 is 4.90 Å². The van der Waals surface area contributed by atoms with E-state index in [1.807, 2.05) is 18.2 Å². The van der Waals surface area contributed by atoms with Crippen LogP contribution in [0, 0.1) is 0 Å². The first-order valence-electron chi connectivity index (χ1n) is 6.97. The molecule has 1 aromatic carbocycles. The smallest absolute Gasteiger partial charge is 0.231 e. The summed E-state index contributed by atoms with van der Waals surface area (Å²) in [5, 5.41) is 8.06. The second kappa shape index (κ2) is 6.74. The van der Waals surface area contributed by atoms with Gasteiger partial charge in [0, 0.05) is 12.6 Å². The van der Waals surface area contributed by atoms with Gasteiger partial charge in [-0.3, -0.25) is 4.72 Å². The molecule has 2 aromatic rings. The number of nitrogens with zero attached hydrogens (tertiary/aromatic N) is 3. The molecule has 22 heavy (non-hydrogen) atoms. The fourth-order valence-corrected chi connectivity index (χ4v) is 2.52. The molecule has 0 saturated heterocycles. The lowest BCUT2D eigenvalue weighted by Gasteiger charge is -2.27. The Morgan fingerprint density at radius 1 is 1.09 bits per heavy atom. The highest BCUT2D eigenvalue weighted by atomic mass is 32.2. The van der Waals surface area contributed by atoms with E-state index in [9.17, 15) is 8.42 Å². The van der Waals surface area contributed by atoms with Crippen LogP contribution in [0.5, 0.6) is 0 Å². The third-order valence-corrected chi connectivity index (χ3v) is 3.63. The van der Waals surface area contributed by atoms with E-state index in [4.69, 9.17) is 0 Å². The molecule has 0 aliphatic carbocycles. The Kier molecular flexibility index (Phi) is 4.97. The van der Waals surface area contributed by atoms with Crippen LogP contribution in [0.15, 0.2) is 42.5 Å². The lowest BCUT2D eigenvalue weighted by atomic mass is 10.2. The van der Waals surface area contributed by atoms with Crippen LogP contribution >= 0.6 is 0 Å². The minimum atomic E-state index is -3.34. The van der Waals surface area contributed by atoms with E-state index in [-0.39, 0.29) is 11.9 Å². The van der Waals surface area contributed by atoms with Crippen molar-refractivity contribution >= 4 is 21.7 Å². The number of sulfonamides is 1. The summed E-state index contributed by atoms with van der Waals surface area (Å²) in [4.78, 5) is 2.10. The van der Waals surface area contributed by atoms with Gasteiger partial charge >= 0.3 is 0 Å². The van der Waals surface area contributed by atoms with Crippen molar-refractivity contribution < 1.29 is 8.42 Å². The molecule has 0 radical (unpaired) electrons. The van der Waals surface area contributed by atoms with Crippen LogP contribution < -0.4 is 9.62 Å².